The van der Waals surface area contributed by atoms with Crippen molar-refractivity contribution in [2.45, 2.75) is 19.0 Å². The third-order valence-electron chi connectivity index (χ3n) is 6.24. The lowest BCUT2D eigenvalue weighted by molar-refractivity contribution is -0.163. The van der Waals surface area contributed by atoms with E-state index < -0.39 is 29.5 Å². The first-order valence-electron chi connectivity index (χ1n) is 12.9. The maximum absolute atomic E-state index is 13.6. The van der Waals surface area contributed by atoms with Gasteiger partial charge in [-0.15, -0.1) is 0 Å². The van der Waals surface area contributed by atoms with Crippen molar-refractivity contribution in [1.82, 2.24) is 15.2 Å². The van der Waals surface area contributed by atoms with Crippen molar-refractivity contribution in [3.63, 3.8) is 0 Å². The molecule has 42 heavy (non-hydrogen) atoms. The SMILES string of the molecule is CCOC(=O)C(Cc1cc(=O)[nH]c2ccccc12)(NC(=O)c1ccc(Cl)cc1)N1CCOCC1.O=C(O)/C=C\C(=O)O. The third-order valence-corrected chi connectivity index (χ3v) is 6.49. The number of ether oxygens (including phenoxy) is 2. The Morgan fingerprint density at radius 1 is 1.05 bits per heavy atom. The second-order valence-electron chi connectivity index (χ2n) is 9.03. The van der Waals surface area contributed by atoms with E-state index in [1.165, 1.54) is 6.07 Å². The highest BCUT2D eigenvalue weighted by atomic mass is 35.5. The summed E-state index contributed by atoms with van der Waals surface area (Å²) in [5, 5.41) is 19.9. The molecular formula is C29H30ClN3O9. The molecular weight excluding hydrogens is 570 g/mol. The summed E-state index contributed by atoms with van der Waals surface area (Å²) in [5.74, 6) is -3.56. The highest BCUT2D eigenvalue weighted by Gasteiger charge is 2.48. The van der Waals surface area contributed by atoms with E-state index in [1.54, 1.807) is 37.3 Å². The fraction of sp³-hybridized carbons (Fsp3) is 0.276. The third kappa shape index (κ3) is 8.49. The Labute approximate surface area is 245 Å². The predicted octanol–water partition coefficient (Wildman–Crippen LogP) is 2.46. The number of fused-ring (bicyclic) bond motifs is 1. The number of nitrogens with one attached hydrogen (secondary N) is 2. The summed E-state index contributed by atoms with van der Waals surface area (Å²) in [4.78, 5) is 63.2. The number of pyridine rings is 1. The number of benzene rings is 2. The summed E-state index contributed by atoms with van der Waals surface area (Å²) in [6.07, 6.45) is 1.15. The summed E-state index contributed by atoms with van der Waals surface area (Å²) in [6, 6.07) is 15.2. The van der Waals surface area contributed by atoms with Gasteiger partial charge in [0.05, 0.1) is 19.8 Å². The second-order valence-corrected chi connectivity index (χ2v) is 9.47. The molecule has 222 valence electrons. The first kappa shape index (κ1) is 32.0. The number of para-hydroxylation sites is 1. The summed E-state index contributed by atoms with van der Waals surface area (Å²) in [5.41, 5.74) is -0.226. The van der Waals surface area contributed by atoms with Crippen LogP contribution >= 0.6 is 11.6 Å². The van der Waals surface area contributed by atoms with Gasteiger partial charge in [-0.2, -0.15) is 0 Å². The van der Waals surface area contributed by atoms with Gasteiger partial charge in [-0.1, -0.05) is 29.8 Å². The highest BCUT2D eigenvalue weighted by Crippen LogP contribution is 2.26. The number of morpholine rings is 1. The van der Waals surface area contributed by atoms with Crippen molar-refractivity contribution in [3.8, 4) is 0 Å². The molecule has 1 atom stereocenters. The molecule has 0 saturated carbocycles. The quantitative estimate of drug-likeness (QED) is 0.211. The highest BCUT2D eigenvalue weighted by molar-refractivity contribution is 6.30. The van der Waals surface area contributed by atoms with Crippen LogP contribution in [0.2, 0.25) is 5.02 Å². The Morgan fingerprint density at radius 2 is 1.67 bits per heavy atom. The van der Waals surface area contributed by atoms with E-state index in [0.717, 1.165) is 5.39 Å². The zero-order valence-electron chi connectivity index (χ0n) is 22.7. The number of amides is 1. The number of halogens is 1. The standard InChI is InChI=1S/C25H26ClN3O5.C4H4O4/c1-2-34-24(32)25(29-11-13-33-14-12-29,28-23(31)17-7-9-19(26)10-8-17)16-18-15-22(30)27-21-6-4-3-5-20(18)21;5-3(6)1-2-4(7)8/h3-10,15H,2,11-14,16H2,1H3,(H,27,30)(H,28,31);1-2H,(H,5,6)(H,7,8)/b;2-1-. The first-order chi connectivity index (χ1) is 20.1. The maximum Gasteiger partial charge on any atom is 0.347 e. The number of aromatic nitrogens is 1. The maximum atomic E-state index is 13.6. The minimum absolute atomic E-state index is 0.0373. The topological polar surface area (TPSA) is 175 Å². The van der Waals surface area contributed by atoms with Gasteiger partial charge in [0.15, 0.2) is 5.66 Å². The van der Waals surface area contributed by atoms with Gasteiger partial charge in [-0.3, -0.25) is 14.5 Å². The van der Waals surface area contributed by atoms with Crippen molar-refractivity contribution in [3.05, 3.63) is 93.3 Å². The van der Waals surface area contributed by atoms with E-state index in [-0.39, 0.29) is 18.6 Å². The van der Waals surface area contributed by atoms with Gasteiger partial charge in [-0.25, -0.2) is 14.4 Å². The molecule has 0 aliphatic carbocycles. The number of aromatic amines is 1. The molecule has 1 fully saturated rings. The molecule has 13 heteroatoms. The van der Waals surface area contributed by atoms with Gasteiger partial charge in [0.2, 0.25) is 5.56 Å². The first-order valence-corrected chi connectivity index (χ1v) is 13.3. The number of H-pyrrole nitrogens is 1. The number of carboxylic acids is 2. The predicted molar refractivity (Wildman–Crippen MR) is 153 cm³/mol. The minimum Gasteiger partial charge on any atom is -0.478 e. The largest absolute Gasteiger partial charge is 0.478 e. The van der Waals surface area contributed by atoms with Crippen LogP contribution in [-0.2, 0) is 30.3 Å². The molecule has 1 saturated heterocycles. The Bertz CT molecular complexity index is 1500. The Kier molecular flexibility index (Phi) is 11.4. The average Bonchev–Trinajstić information content (AvgIpc) is 2.96. The normalized spacial score (nSPS) is 14.8. The van der Waals surface area contributed by atoms with Crippen LogP contribution in [0.15, 0.2) is 71.5 Å². The van der Waals surface area contributed by atoms with Crippen molar-refractivity contribution >= 4 is 46.3 Å². The number of carbonyl (C=O) groups excluding carboxylic acids is 2. The van der Waals surface area contributed by atoms with E-state index in [2.05, 4.69) is 10.3 Å². The zero-order chi connectivity index (χ0) is 30.7. The fourth-order valence-corrected chi connectivity index (χ4v) is 4.51. The lowest BCUT2D eigenvalue weighted by Gasteiger charge is -2.44. The number of nitrogens with zero attached hydrogens (tertiary/aromatic N) is 1. The van der Waals surface area contributed by atoms with Crippen molar-refractivity contribution < 1.29 is 38.9 Å². The van der Waals surface area contributed by atoms with Crippen molar-refractivity contribution in [2.24, 2.45) is 0 Å². The van der Waals surface area contributed by atoms with E-state index >= 15 is 0 Å². The van der Waals surface area contributed by atoms with Crippen LogP contribution in [0.4, 0.5) is 0 Å². The molecule has 2 heterocycles. The lowest BCUT2D eigenvalue weighted by Crippen LogP contribution is -2.69. The minimum atomic E-state index is -1.55. The van der Waals surface area contributed by atoms with Crippen LogP contribution in [0, 0.1) is 0 Å². The molecule has 2 aromatic carbocycles. The van der Waals surface area contributed by atoms with Gasteiger partial charge in [0.1, 0.15) is 0 Å². The van der Waals surface area contributed by atoms with Crippen LogP contribution < -0.4 is 10.9 Å². The van der Waals surface area contributed by atoms with Gasteiger partial charge in [0.25, 0.3) is 5.91 Å². The van der Waals surface area contributed by atoms with Crippen molar-refractivity contribution in [2.75, 3.05) is 32.9 Å². The average molecular weight is 600 g/mol. The van der Waals surface area contributed by atoms with E-state index in [9.17, 15) is 24.0 Å². The summed E-state index contributed by atoms with van der Waals surface area (Å²) >= 11 is 5.98. The molecule has 1 aliphatic rings. The lowest BCUT2D eigenvalue weighted by atomic mass is 9.93. The van der Waals surface area contributed by atoms with Gasteiger partial charge >= 0.3 is 17.9 Å². The molecule has 1 aliphatic heterocycles. The molecule has 0 radical (unpaired) electrons. The molecule has 1 amide bonds. The van der Waals surface area contributed by atoms with Crippen LogP contribution in [0.1, 0.15) is 22.8 Å². The number of aliphatic carboxylic acids is 2. The molecule has 4 rings (SSSR count). The van der Waals surface area contributed by atoms with Gasteiger partial charge in [-0.05, 0) is 42.8 Å². The fourth-order valence-electron chi connectivity index (χ4n) is 4.39. The molecule has 4 N–H and O–H groups in total. The van der Waals surface area contributed by atoms with Crippen molar-refractivity contribution in [1.29, 1.82) is 0 Å². The number of carboxylic acid groups (broad SMARTS) is 2. The number of hydrogen-bond acceptors (Lipinski definition) is 8. The van der Waals surface area contributed by atoms with Gasteiger partial charge < -0.3 is 30.0 Å². The molecule has 0 bridgehead atoms. The second kappa shape index (κ2) is 14.9. The van der Waals surface area contributed by atoms with Crippen LogP contribution in [0.5, 0.6) is 0 Å². The number of hydrogen-bond donors (Lipinski definition) is 4. The smallest absolute Gasteiger partial charge is 0.347 e. The number of carbonyl (C=O) groups is 4. The molecule has 12 nitrogen and oxygen atoms in total. The number of esters is 1. The Balaban J connectivity index is 0.000000531. The van der Waals surface area contributed by atoms with E-state index in [1.807, 2.05) is 23.1 Å². The van der Waals surface area contributed by atoms with Crippen LogP contribution in [-0.4, -0.2) is 82.5 Å². The molecule has 1 unspecified atom stereocenters. The summed E-state index contributed by atoms with van der Waals surface area (Å²) in [7, 11) is 0. The van der Waals surface area contributed by atoms with Crippen LogP contribution in [0.25, 0.3) is 10.9 Å². The monoisotopic (exact) mass is 599 g/mol. The molecule has 0 spiro atoms. The van der Waals surface area contributed by atoms with Gasteiger partial charge in [0, 0.05) is 59.2 Å². The summed E-state index contributed by atoms with van der Waals surface area (Å²) < 4.78 is 11.0. The molecule has 1 aromatic heterocycles. The zero-order valence-corrected chi connectivity index (χ0v) is 23.4. The van der Waals surface area contributed by atoms with Crippen LogP contribution in [0.3, 0.4) is 0 Å². The summed E-state index contributed by atoms with van der Waals surface area (Å²) in [6.45, 7) is 3.45. The van der Waals surface area contributed by atoms with E-state index in [0.29, 0.717) is 60.1 Å². The Morgan fingerprint density at radius 3 is 2.26 bits per heavy atom. The van der Waals surface area contributed by atoms with E-state index in [4.69, 9.17) is 31.3 Å². The molecule has 3 aromatic rings. The number of rotatable bonds is 9. The Hall–Kier alpha value is -4.52.